The second-order valence-corrected chi connectivity index (χ2v) is 3.95. The fraction of sp³-hybridized carbons (Fsp3) is 0.333. The molecule has 0 saturated heterocycles. The van der Waals surface area contributed by atoms with E-state index in [0.29, 0.717) is 23.9 Å². The molecule has 0 aromatic carbocycles. The number of nitrogens with zero attached hydrogens (tertiary/aromatic N) is 3. The Hall–Kier alpha value is -2.44. The molecule has 0 atom stereocenters. The Morgan fingerprint density at radius 3 is 3.05 bits per heavy atom. The minimum absolute atomic E-state index is 0.239. The predicted molar refractivity (Wildman–Crippen MR) is 70.6 cm³/mol. The first kappa shape index (κ1) is 13.0. The molecule has 0 aliphatic rings. The molecule has 2 rings (SSSR count). The second kappa shape index (κ2) is 6.48. The van der Waals surface area contributed by atoms with Gasteiger partial charge >= 0.3 is 0 Å². The summed E-state index contributed by atoms with van der Waals surface area (Å²) in [5, 5.41) is 12.2. The molecule has 3 N–H and O–H groups in total. The zero-order chi connectivity index (χ0) is 13.5. The minimum Gasteiger partial charge on any atom is -0.370 e. The van der Waals surface area contributed by atoms with Gasteiger partial charge in [-0.2, -0.15) is 5.10 Å². The molecular weight excluding hydrogens is 244 g/mol. The van der Waals surface area contributed by atoms with Crippen molar-refractivity contribution in [1.82, 2.24) is 25.5 Å². The normalized spacial score (nSPS) is 10.2. The fourth-order valence-electron chi connectivity index (χ4n) is 1.48. The summed E-state index contributed by atoms with van der Waals surface area (Å²) in [7, 11) is 0. The van der Waals surface area contributed by atoms with Crippen molar-refractivity contribution in [3.63, 3.8) is 0 Å². The largest absolute Gasteiger partial charge is 0.370 e. The van der Waals surface area contributed by atoms with Crippen molar-refractivity contribution in [2.75, 3.05) is 11.9 Å². The third kappa shape index (κ3) is 3.77. The smallest absolute Gasteiger partial charge is 0.270 e. The highest BCUT2D eigenvalue weighted by Crippen LogP contribution is 2.05. The van der Waals surface area contributed by atoms with Crippen LogP contribution in [-0.4, -0.2) is 32.6 Å². The molecule has 19 heavy (non-hydrogen) atoms. The van der Waals surface area contributed by atoms with Crippen molar-refractivity contribution < 1.29 is 4.79 Å². The maximum Gasteiger partial charge on any atom is 0.270 e. The van der Waals surface area contributed by atoms with Crippen molar-refractivity contribution in [2.45, 2.75) is 19.9 Å². The van der Waals surface area contributed by atoms with Gasteiger partial charge in [0.05, 0.1) is 6.54 Å². The maximum absolute atomic E-state index is 11.9. The summed E-state index contributed by atoms with van der Waals surface area (Å²) in [4.78, 5) is 20.1. The SMILES string of the molecule is CCCNc1cccc(C(=O)NCc2ncn[nH]2)n1. The van der Waals surface area contributed by atoms with E-state index in [1.807, 2.05) is 6.07 Å². The van der Waals surface area contributed by atoms with Crippen LogP contribution in [0.2, 0.25) is 0 Å². The van der Waals surface area contributed by atoms with Crippen molar-refractivity contribution in [3.05, 3.63) is 36.0 Å². The summed E-state index contributed by atoms with van der Waals surface area (Å²) in [5.41, 5.74) is 0.376. The van der Waals surface area contributed by atoms with Crippen LogP contribution in [-0.2, 0) is 6.54 Å². The van der Waals surface area contributed by atoms with Gasteiger partial charge in [0.2, 0.25) is 0 Å². The lowest BCUT2D eigenvalue weighted by atomic mass is 10.3. The highest BCUT2D eigenvalue weighted by molar-refractivity contribution is 5.92. The van der Waals surface area contributed by atoms with E-state index in [4.69, 9.17) is 0 Å². The molecule has 2 heterocycles. The van der Waals surface area contributed by atoms with Crippen LogP contribution in [0.5, 0.6) is 0 Å². The van der Waals surface area contributed by atoms with Crippen molar-refractivity contribution >= 4 is 11.7 Å². The Morgan fingerprint density at radius 2 is 2.32 bits per heavy atom. The number of H-pyrrole nitrogens is 1. The van der Waals surface area contributed by atoms with E-state index in [1.54, 1.807) is 12.1 Å². The van der Waals surface area contributed by atoms with E-state index in [-0.39, 0.29) is 5.91 Å². The first-order chi connectivity index (χ1) is 9.29. The van der Waals surface area contributed by atoms with Crippen molar-refractivity contribution in [2.24, 2.45) is 0 Å². The number of aromatic nitrogens is 4. The Kier molecular flexibility index (Phi) is 4.44. The number of hydrogen-bond acceptors (Lipinski definition) is 5. The molecule has 0 bridgehead atoms. The van der Waals surface area contributed by atoms with E-state index in [2.05, 4.69) is 37.7 Å². The highest BCUT2D eigenvalue weighted by atomic mass is 16.1. The molecule has 0 unspecified atom stereocenters. The standard InChI is InChI=1S/C12H16N6O/c1-2-6-13-10-5-3-4-9(17-10)12(19)14-7-11-15-8-16-18-11/h3-5,8H,2,6-7H2,1H3,(H,13,17)(H,14,19)(H,15,16,18). The molecule has 0 radical (unpaired) electrons. The zero-order valence-electron chi connectivity index (χ0n) is 10.7. The van der Waals surface area contributed by atoms with Crippen LogP contribution in [0.15, 0.2) is 24.5 Å². The van der Waals surface area contributed by atoms with Gasteiger partial charge in [-0.3, -0.25) is 9.89 Å². The van der Waals surface area contributed by atoms with E-state index in [1.165, 1.54) is 6.33 Å². The monoisotopic (exact) mass is 260 g/mol. The van der Waals surface area contributed by atoms with E-state index >= 15 is 0 Å². The average molecular weight is 260 g/mol. The Morgan fingerprint density at radius 1 is 1.42 bits per heavy atom. The first-order valence-electron chi connectivity index (χ1n) is 6.13. The number of nitrogens with one attached hydrogen (secondary N) is 3. The lowest BCUT2D eigenvalue weighted by Crippen LogP contribution is -2.24. The van der Waals surface area contributed by atoms with Gasteiger partial charge in [0.1, 0.15) is 23.7 Å². The van der Waals surface area contributed by atoms with Gasteiger partial charge in [0.25, 0.3) is 5.91 Å². The first-order valence-corrected chi connectivity index (χ1v) is 6.13. The van der Waals surface area contributed by atoms with Crippen LogP contribution in [0.1, 0.15) is 29.7 Å². The summed E-state index contributed by atoms with van der Waals surface area (Å²) in [5.74, 6) is 1.07. The minimum atomic E-state index is -0.239. The number of anilines is 1. The topological polar surface area (TPSA) is 95.6 Å². The van der Waals surface area contributed by atoms with Gasteiger partial charge in [-0.15, -0.1) is 0 Å². The number of rotatable bonds is 6. The molecule has 7 heteroatoms. The van der Waals surface area contributed by atoms with Crippen molar-refractivity contribution in [1.29, 1.82) is 0 Å². The van der Waals surface area contributed by atoms with Gasteiger partial charge in [-0.25, -0.2) is 9.97 Å². The van der Waals surface area contributed by atoms with E-state index in [9.17, 15) is 4.79 Å². The molecule has 0 aliphatic carbocycles. The predicted octanol–water partition coefficient (Wildman–Crippen LogP) is 0.952. The molecule has 7 nitrogen and oxygen atoms in total. The van der Waals surface area contributed by atoms with E-state index < -0.39 is 0 Å². The van der Waals surface area contributed by atoms with Crippen LogP contribution in [0.4, 0.5) is 5.82 Å². The molecule has 2 aromatic rings. The number of aromatic amines is 1. The Balaban J connectivity index is 1.94. The third-order valence-electron chi connectivity index (χ3n) is 2.42. The second-order valence-electron chi connectivity index (χ2n) is 3.95. The maximum atomic E-state index is 11.9. The quantitative estimate of drug-likeness (QED) is 0.718. The number of pyridine rings is 1. The molecule has 2 aromatic heterocycles. The summed E-state index contributed by atoms with van der Waals surface area (Å²) < 4.78 is 0. The van der Waals surface area contributed by atoms with Gasteiger partial charge in [0, 0.05) is 6.54 Å². The Labute approximate surface area is 110 Å². The Bertz CT molecular complexity index is 525. The fourth-order valence-corrected chi connectivity index (χ4v) is 1.48. The number of amides is 1. The molecule has 0 fully saturated rings. The zero-order valence-corrected chi connectivity index (χ0v) is 10.7. The molecule has 0 aliphatic heterocycles. The summed E-state index contributed by atoms with van der Waals surface area (Å²) in [6.45, 7) is 3.20. The molecule has 1 amide bonds. The van der Waals surface area contributed by atoms with E-state index in [0.717, 1.165) is 13.0 Å². The number of carbonyl (C=O) groups is 1. The van der Waals surface area contributed by atoms with Crippen LogP contribution in [0.25, 0.3) is 0 Å². The van der Waals surface area contributed by atoms with Gasteiger partial charge in [-0.05, 0) is 18.6 Å². The van der Waals surface area contributed by atoms with Gasteiger partial charge in [-0.1, -0.05) is 13.0 Å². The van der Waals surface area contributed by atoms with Gasteiger partial charge in [0.15, 0.2) is 0 Å². The molecular formula is C12H16N6O. The lowest BCUT2D eigenvalue weighted by Gasteiger charge is -2.06. The van der Waals surface area contributed by atoms with Crippen LogP contribution >= 0.6 is 0 Å². The molecule has 0 saturated carbocycles. The van der Waals surface area contributed by atoms with Crippen LogP contribution < -0.4 is 10.6 Å². The lowest BCUT2D eigenvalue weighted by molar-refractivity contribution is 0.0945. The average Bonchev–Trinajstić information content (AvgIpc) is 2.96. The van der Waals surface area contributed by atoms with Crippen LogP contribution in [0.3, 0.4) is 0 Å². The van der Waals surface area contributed by atoms with Crippen molar-refractivity contribution in [3.8, 4) is 0 Å². The molecule has 100 valence electrons. The molecule has 0 spiro atoms. The third-order valence-corrected chi connectivity index (χ3v) is 2.42. The van der Waals surface area contributed by atoms with Gasteiger partial charge < -0.3 is 10.6 Å². The number of carbonyl (C=O) groups excluding carboxylic acids is 1. The summed E-state index contributed by atoms with van der Waals surface area (Å²) >= 11 is 0. The summed E-state index contributed by atoms with van der Waals surface area (Å²) in [6, 6.07) is 5.31. The highest BCUT2D eigenvalue weighted by Gasteiger charge is 2.08. The summed E-state index contributed by atoms with van der Waals surface area (Å²) in [6.07, 6.45) is 2.40. The number of hydrogen-bond donors (Lipinski definition) is 3. The van der Waals surface area contributed by atoms with Crippen LogP contribution in [0, 0.1) is 0 Å².